The summed E-state index contributed by atoms with van der Waals surface area (Å²) >= 11 is 1.78. The van der Waals surface area contributed by atoms with Crippen molar-refractivity contribution in [3.05, 3.63) is 47.2 Å². The number of benzene rings is 1. The van der Waals surface area contributed by atoms with Crippen LogP contribution in [0.2, 0.25) is 0 Å². The molecular weight excluding hydrogens is 378 g/mol. The van der Waals surface area contributed by atoms with Gasteiger partial charge in [0.25, 0.3) is 5.91 Å². The molecule has 1 heterocycles. The Hall–Kier alpha value is -1.88. The minimum atomic E-state index is 0.0599. The van der Waals surface area contributed by atoms with Gasteiger partial charge in [-0.3, -0.25) is 14.8 Å². The molecule has 1 saturated carbocycles. The van der Waals surface area contributed by atoms with Gasteiger partial charge in [0.05, 0.1) is 16.8 Å². The summed E-state index contributed by atoms with van der Waals surface area (Å²) in [7, 11) is 0. The average Bonchev–Trinajstić information content (AvgIpc) is 3.42. The summed E-state index contributed by atoms with van der Waals surface area (Å²) in [5, 5.41) is 0.401. The maximum Gasteiger partial charge on any atom is 0.272 e. The third kappa shape index (κ3) is 5.39. The van der Waals surface area contributed by atoms with E-state index >= 15 is 0 Å². The predicted molar refractivity (Wildman–Crippen MR) is 125 cm³/mol. The molecule has 2 atom stereocenters. The lowest BCUT2D eigenvalue weighted by molar-refractivity contribution is -0.130. The third-order valence-electron chi connectivity index (χ3n) is 5.94. The Bertz CT molecular complexity index is 791. The van der Waals surface area contributed by atoms with Crippen molar-refractivity contribution in [3.63, 3.8) is 0 Å². The summed E-state index contributed by atoms with van der Waals surface area (Å²) in [6.07, 6.45) is 7.29. The minimum Gasteiger partial charge on any atom is -0.330 e. The number of nitrogens with zero attached hydrogens (tertiary/aromatic N) is 3. The zero-order valence-electron chi connectivity index (χ0n) is 18.1. The average molecular weight is 412 g/mol. The molecule has 1 aromatic carbocycles. The van der Waals surface area contributed by atoms with E-state index in [1.54, 1.807) is 11.8 Å². The number of allylic oxidation sites excluding steroid dienone is 1. The molecule has 2 unspecified atom stereocenters. The number of hydrogen-bond acceptors (Lipinski definition) is 4. The predicted octanol–water partition coefficient (Wildman–Crippen LogP) is 5.94. The van der Waals surface area contributed by atoms with E-state index in [4.69, 9.17) is 0 Å². The van der Waals surface area contributed by atoms with Crippen molar-refractivity contribution in [2.75, 3.05) is 0 Å². The van der Waals surface area contributed by atoms with E-state index in [0.717, 1.165) is 25.0 Å². The maximum absolute atomic E-state index is 13.4. The Morgan fingerprint density at radius 2 is 1.97 bits per heavy atom. The Balaban J connectivity index is 1.78. The quantitative estimate of drug-likeness (QED) is 0.412. The molecule has 0 saturated heterocycles. The van der Waals surface area contributed by atoms with E-state index in [0.29, 0.717) is 29.6 Å². The Morgan fingerprint density at radius 1 is 1.28 bits per heavy atom. The second-order valence-corrected chi connectivity index (χ2v) is 9.03. The Kier molecular flexibility index (Phi) is 7.70. The van der Waals surface area contributed by atoms with Gasteiger partial charge in [-0.25, -0.2) is 0 Å². The monoisotopic (exact) mass is 411 g/mol. The Morgan fingerprint density at radius 3 is 2.52 bits per heavy atom. The van der Waals surface area contributed by atoms with Crippen LogP contribution in [0.25, 0.3) is 0 Å². The molecule has 4 nitrogen and oxygen atoms in total. The van der Waals surface area contributed by atoms with Crippen LogP contribution in [-0.2, 0) is 11.3 Å². The molecule has 3 rings (SSSR count). The fourth-order valence-electron chi connectivity index (χ4n) is 4.01. The lowest BCUT2D eigenvalue weighted by atomic mass is 10.0. The molecule has 1 amide bonds. The number of thioether (sulfide) groups is 1. The van der Waals surface area contributed by atoms with Gasteiger partial charge in [0.2, 0.25) is 0 Å². The SMILES string of the molecule is C/C=C(\N=C(C)CC)C(=O)N(Cc1ccc(C2SC=NC2C)cc1)C1CCCC1. The number of carbonyl (C=O) groups is 1. The van der Waals surface area contributed by atoms with Crippen LogP contribution in [0.1, 0.15) is 76.2 Å². The van der Waals surface area contributed by atoms with Gasteiger partial charge in [-0.2, -0.15) is 0 Å². The summed E-state index contributed by atoms with van der Waals surface area (Å²) in [4.78, 5) is 24.5. The van der Waals surface area contributed by atoms with Gasteiger partial charge >= 0.3 is 0 Å². The van der Waals surface area contributed by atoms with Crippen molar-refractivity contribution in [2.24, 2.45) is 9.98 Å². The smallest absolute Gasteiger partial charge is 0.272 e. The van der Waals surface area contributed by atoms with Crippen molar-refractivity contribution in [1.29, 1.82) is 0 Å². The van der Waals surface area contributed by atoms with Crippen LogP contribution in [0.15, 0.2) is 46.0 Å². The zero-order chi connectivity index (χ0) is 20.8. The molecule has 0 N–H and O–H groups in total. The molecule has 0 aromatic heterocycles. The molecule has 0 bridgehead atoms. The highest BCUT2D eigenvalue weighted by molar-refractivity contribution is 8.12. The first kappa shape index (κ1) is 21.8. The number of carbonyl (C=O) groups excluding carboxylic acids is 1. The second kappa shape index (κ2) is 10.2. The van der Waals surface area contributed by atoms with Crippen molar-refractivity contribution < 1.29 is 4.79 Å². The summed E-state index contributed by atoms with van der Waals surface area (Å²) in [5.41, 5.74) is 6.01. The molecule has 156 valence electrons. The summed E-state index contributed by atoms with van der Waals surface area (Å²) in [5.74, 6) is 0.0599. The lowest BCUT2D eigenvalue weighted by Gasteiger charge is -2.29. The van der Waals surface area contributed by atoms with Gasteiger partial charge in [0.15, 0.2) is 0 Å². The molecule has 1 aliphatic heterocycles. The van der Waals surface area contributed by atoms with Crippen molar-refractivity contribution in [1.82, 2.24) is 4.90 Å². The van der Waals surface area contributed by atoms with E-state index in [1.807, 2.05) is 25.5 Å². The summed E-state index contributed by atoms with van der Waals surface area (Å²) in [6.45, 7) is 8.77. The van der Waals surface area contributed by atoms with Gasteiger partial charge in [-0.05, 0) is 51.2 Å². The van der Waals surface area contributed by atoms with Crippen molar-refractivity contribution in [2.45, 2.75) is 83.7 Å². The van der Waals surface area contributed by atoms with Crippen molar-refractivity contribution >= 4 is 28.9 Å². The van der Waals surface area contributed by atoms with Crippen LogP contribution < -0.4 is 0 Å². The summed E-state index contributed by atoms with van der Waals surface area (Å²) < 4.78 is 0. The molecule has 0 spiro atoms. The first-order valence-electron chi connectivity index (χ1n) is 10.8. The molecular formula is C24H33N3OS. The minimum absolute atomic E-state index is 0.0599. The fraction of sp³-hybridized carbons (Fsp3) is 0.542. The number of hydrogen-bond donors (Lipinski definition) is 0. The van der Waals surface area contributed by atoms with Gasteiger partial charge in [-0.1, -0.05) is 50.1 Å². The standard InChI is InChI=1S/C24H33N3OS/c1-5-17(3)26-22(6-2)24(28)27(21-9-7-8-10-21)15-19-11-13-20(14-12-19)23-18(4)25-16-29-23/h6,11-14,16,18,21,23H,5,7-10,15H2,1-4H3/b22-6-,26-17?. The van der Waals surface area contributed by atoms with Crippen LogP contribution in [0.4, 0.5) is 0 Å². The normalized spacial score (nSPS) is 23.0. The van der Waals surface area contributed by atoms with Crippen LogP contribution in [0.5, 0.6) is 0 Å². The van der Waals surface area contributed by atoms with Gasteiger partial charge in [0.1, 0.15) is 5.70 Å². The van der Waals surface area contributed by atoms with E-state index in [1.165, 1.54) is 24.0 Å². The van der Waals surface area contributed by atoms with Crippen molar-refractivity contribution in [3.8, 4) is 0 Å². The van der Waals surface area contributed by atoms with E-state index in [9.17, 15) is 4.79 Å². The fourth-order valence-corrected chi connectivity index (χ4v) is 5.01. The van der Waals surface area contributed by atoms with Gasteiger partial charge in [0, 0.05) is 18.3 Å². The number of rotatable bonds is 7. The number of aliphatic imine (C=N–C) groups is 2. The molecule has 0 radical (unpaired) electrons. The molecule has 5 heteroatoms. The van der Waals surface area contributed by atoms with Gasteiger partial charge in [-0.15, -0.1) is 11.8 Å². The summed E-state index contributed by atoms with van der Waals surface area (Å²) in [6, 6.07) is 9.38. The third-order valence-corrected chi connectivity index (χ3v) is 7.15. The highest BCUT2D eigenvalue weighted by Gasteiger charge is 2.29. The molecule has 1 aromatic rings. The Labute approximate surface area is 179 Å². The molecule has 1 fully saturated rings. The molecule has 29 heavy (non-hydrogen) atoms. The van der Waals surface area contributed by atoms with Crippen LogP contribution in [0, 0.1) is 0 Å². The van der Waals surface area contributed by atoms with Crippen LogP contribution in [-0.4, -0.2) is 34.1 Å². The van der Waals surface area contributed by atoms with Crippen LogP contribution in [0.3, 0.4) is 0 Å². The highest BCUT2D eigenvalue weighted by Crippen LogP contribution is 2.37. The van der Waals surface area contributed by atoms with E-state index in [2.05, 4.69) is 53.0 Å². The number of amides is 1. The molecule has 1 aliphatic carbocycles. The van der Waals surface area contributed by atoms with E-state index < -0.39 is 0 Å². The lowest BCUT2D eigenvalue weighted by Crippen LogP contribution is -2.39. The highest BCUT2D eigenvalue weighted by atomic mass is 32.2. The second-order valence-electron chi connectivity index (χ2n) is 8.04. The zero-order valence-corrected chi connectivity index (χ0v) is 18.9. The topological polar surface area (TPSA) is 45.0 Å². The first-order chi connectivity index (χ1) is 14.0. The van der Waals surface area contributed by atoms with Gasteiger partial charge < -0.3 is 4.90 Å². The maximum atomic E-state index is 13.4. The molecule has 2 aliphatic rings. The van der Waals surface area contributed by atoms with Crippen LogP contribution >= 0.6 is 11.8 Å². The first-order valence-corrected chi connectivity index (χ1v) is 11.7. The van der Waals surface area contributed by atoms with E-state index in [-0.39, 0.29) is 5.91 Å². The largest absolute Gasteiger partial charge is 0.330 e.